The molecule has 0 N–H and O–H groups in total. The molecule has 1 aromatic carbocycles. The topological polar surface area (TPSA) is 26.3 Å². The van der Waals surface area contributed by atoms with Gasteiger partial charge in [0.25, 0.3) is 0 Å². The van der Waals surface area contributed by atoms with E-state index in [1.54, 1.807) is 0 Å². The Morgan fingerprint density at radius 1 is 1.29 bits per heavy atom. The molecular formula is C14H19ClO2. The van der Waals surface area contributed by atoms with Crippen molar-refractivity contribution < 1.29 is 9.53 Å². The summed E-state index contributed by atoms with van der Waals surface area (Å²) < 4.78 is 5.15. The normalized spacial score (nSPS) is 12.5. The lowest BCUT2D eigenvalue weighted by Crippen LogP contribution is -2.12. The highest BCUT2D eigenvalue weighted by atomic mass is 35.5. The van der Waals surface area contributed by atoms with E-state index in [0.717, 1.165) is 5.56 Å². The number of halogens is 1. The van der Waals surface area contributed by atoms with Crippen LogP contribution in [0.5, 0.6) is 0 Å². The third kappa shape index (κ3) is 4.78. The molecule has 1 rings (SSSR count). The van der Waals surface area contributed by atoms with E-state index in [0.29, 0.717) is 24.0 Å². The molecule has 2 nitrogen and oxygen atoms in total. The van der Waals surface area contributed by atoms with Crippen LogP contribution in [0.1, 0.15) is 38.7 Å². The maximum absolute atomic E-state index is 11.6. The lowest BCUT2D eigenvalue weighted by molar-refractivity contribution is -0.145. The number of ether oxygens (including phenoxy) is 1. The van der Waals surface area contributed by atoms with E-state index in [9.17, 15) is 4.79 Å². The van der Waals surface area contributed by atoms with Gasteiger partial charge in [0, 0.05) is 5.02 Å². The van der Waals surface area contributed by atoms with Crippen LogP contribution in [0.2, 0.25) is 5.02 Å². The smallest absolute Gasteiger partial charge is 0.306 e. The molecule has 94 valence electrons. The van der Waals surface area contributed by atoms with Crippen molar-refractivity contribution in [2.45, 2.75) is 33.1 Å². The van der Waals surface area contributed by atoms with Crippen LogP contribution < -0.4 is 0 Å². The first-order valence-corrected chi connectivity index (χ1v) is 6.28. The Morgan fingerprint density at radius 2 is 1.94 bits per heavy atom. The highest BCUT2D eigenvalue weighted by Crippen LogP contribution is 2.26. The predicted octanol–water partition coefficient (Wildman–Crippen LogP) is 4.03. The number of carbonyl (C=O) groups excluding carboxylic acids is 1. The van der Waals surface area contributed by atoms with Gasteiger partial charge in [-0.15, -0.1) is 0 Å². The summed E-state index contributed by atoms with van der Waals surface area (Å²) in [7, 11) is 0. The van der Waals surface area contributed by atoms with Crippen LogP contribution in [0, 0.1) is 5.92 Å². The molecule has 0 aliphatic heterocycles. The first-order valence-electron chi connectivity index (χ1n) is 5.90. The summed E-state index contributed by atoms with van der Waals surface area (Å²) in [4.78, 5) is 11.6. The zero-order valence-corrected chi connectivity index (χ0v) is 11.3. The van der Waals surface area contributed by atoms with E-state index in [2.05, 4.69) is 0 Å². The summed E-state index contributed by atoms with van der Waals surface area (Å²) in [5, 5.41) is 0.705. The molecule has 0 radical (unpaired) electrons. The molecule has 0 aromatic heterocycles. The van der Waals surface area contributed by atoms with E-state index in [-0.39, 0.29) is 11.9 Å². The van der Waals surface area contributed by atoms with Crippen LogP contribution in [0.3, 0.4) is 0 Å². The molecule has 0 heterocycles. The first-order chi connectivity index (χ1) is 8.00. The second kappa shape index (κ2) is 6.65. The summed E-state index contributed by atoms with van der Waals surface area (Å²) in [6, 6.07) is 7.60. The molecule has 1 atom stereocenters. The van der Waals surface area contributed by atoms with Gasteiger partial charge in [-0.2, -0.15) is 0 Å². The van der Waals surface area contributed by atoms with Crippen molar-refractivity contribution in [3.8, 4) is 0 Å². The van der Waals surface area contributed by atoms with Crippen LogP contribution in [0.15, 0.2) is 24.3 Å². The monoisotopic (exact) mass is 254 g/mol. The van der Waals surface area contributed by atoms with E-state index < -0.39 is 0 Å². The molecule has 3 heteroatoms. The minimum Gasteiger partial charge on any atom is -0.465 e. The summed E-state index contributed by atoms with van der Waals surface area (Å²) in [6.45, 7) is 6.50. The van der Waals surface area contributed by atoms with Gasteiger partial charge >= 0.3 is 5.97 Å². The average Bonchev–Trinajstić information content (AvgIpc) is 2.26. The maximum Gasteiger partial charge on any atom is 0.306 e. The predicted molar refractivity (Wildman–Crippen MR) is 70.3 cm³/mol. The Labute approximate surface area is 108 Å². The van der Waals surface area contributed by atoms with Gasteiger partial charge in [0.2, 0.25) is 0 Å². The van der Waals surface area contributed by atoms with Gasteiger partial charge in [-0.1, -0.05) is 50.6 Å². The second-order valence-corrected chi connectivity index (χ2v) is 5.11. The highest BCUT2D eigenvalue weighted by molar-refractivity contribution is 6.31. The molecule has 0 aliphatic rings. The summed E-state index contributed by atoms with van der Waals surface area (Å²) in [6.07, 6.45) is 0.371. The number of rotatable bonds is 5. The molecule has 0 saturated carbocycles. The maximum atomic E-state index is 11.6. The van der Waals surface area contributed by atoms with Crippen LogP contribution in [0.25, 0.3) is 0 Å². The highest BCUT2D eigenvalue weighted by Gasteiger charge is 2.14. The molecule has 0 amide bonds. The Kier molecular flexibility index (Phi) is 5.49. The SMILES string of the molecule is CC(C)COC(=O)CC(C)c1ccccc1Cl. The van der Waals surface area contributed by atoms with Gasteiger partial charge < -0.3 is 4.74 Å². The largest absolute Gasteiger partial charge is 0.465 e. The van der Waals surface area contributed by atoms with Crippen molar-refractivity contribution in [2.75, 3.05) is 6.61 Å². The molecule has 0 bridgehead atoms. The molecule has 0 fully saturated rings. The molecule has 1 unspecified atom stereocenters. The van der Waals surface area contributed by atoms with Crippen molar-refractivity contribution in [1.29, 1.82) is 0 Å². The summed E-state index contributed by atoms with van der Waals surface area (Å²) in [5.41, 5.74) is 0.996. The van der Waals surface area contributed by atoms with Gasteiger partial charge in [-0.25, -0.2) is 0 Å². The lowest BCUT2D eigenvalue weighted by atomic mass is 9.98. The molecule has 17 heavy (non-hydrogen) atoms. The Morgan fingerprint density at radius 3 is 2.53 bits per heavy atom. The molecule has 0 saturated heterocycles. The molecular weight excluding hydrogens is 236 g/mol. The number of hydrogen-bond donors (Lipinski definition) is 0. The number of carbonyl (C=O) groups is 1. The fraction of sp³-hybridized carbons (Fsp3) is 0.500. The van der Waals surface area contributed by atoms with Gasteiger partial charge in [-0.05, 0) is 23.5 Å². The number of esters is 1. The van der Waals surface area contributed by atoms with Crippen molar-refractivity contribution >= 4 is 17.6 Å². The third-order valence-electron chi connectivity index (χ3n) is 2.49. The minimum atomic E-state index is -0.161. The van der Waals surface area contributed by atoms with Crippen LogP contribution in [-0.2, 0) is 9.53 Å². The fourth-order valence-corrected chi connectivity index (χ4v) is 1.88. The van der Waals surface area contributed by atoms with Gasteiger partial charge in [0.1, 0.15) is 0 Å². The van der Waals surface area contributed by atoms with Gasteiger partial charge in [-0.3, -0.25) is 4.79 Å². The number of hydrogen-bond acceptors (Lipinski definition) is 2. The fourth-order valence-electron chi connectivity index (χ4n) is 1.55. The van der Waals surface area contributed by atoms with E-state index in [1.807, 2.05) is 45.0 Å². The van der Waals surface area contributed by atoms with Crippen molar-refractivity contribution in [3.05, 3.63) is 34.9 Å². The first kappa shape index (κ1) is 14.0. The second-order valence-electron chi connectivity index (χ2n) is 4.70. The van der Waals surface area contributed by atoms with Crippen molar-refractivity contribution in [2.24, 2.45) is 5.92 Å². The quantitative estimate of drug-likeness (QED) is 0.742. The van der Waals surface area contributed by atoms with Crippen LogP contribution in [-0.4, -0.2) is 12.6 Å². The number of benzene rings is 1. The standard InChI is InChI=1S/C14H19ClO2/c1-10(2)9-17-14(16)8-11(3)12-6-4-5-7-13(12)15/h4-7,10-11H,8-9H2,1-3H3. The Hall–Kier alpha value is -1.02. The summed E-state index contributed by atoms with van der Waals surface area (Å²) in [5.74, 6) is 0.295. The Bertz CT molecular complexity index is 374. The van der Waals surface area contributed by atoms with Gasteiger partial charge in [0.15, 0.2) is 0 Å². The van der Waals surface area contributed by atoms with E-state index in [1.165, 1.54) is 0 Å². The van der Waals surface area contributed by atoms with Crippen molar-refractivity contribution in [1.82, 2.24) is 0 Å². The van der Waals surface area contributed by atoms with E-state index >= 15 is 0 Å². The summed E-state index contributed by atoms with van der Waals surface area (Å²) >= 11 is 6.08. The average molecular weight is 255 g/mol. The van der Waals surface area contributed by atoms with E-state index in [4.69, 9.17) is 16.3 Å². The van der Waals surface area contributed by atoms with Crippen molar-refractivity contribution in [3.63, 3.8) is 0 Å². The molecule has 1 aromatic rings. The molecule has 0 aliphatic carbocycles. The third-order valence-corrected chi connectivity index (χ3v) is 2.83. The zero-order chi connectivity index (χ0) is 12.8. The molecule has 0 spiro atoms. The van der Waals surface area contributed by atoms with Crippen LogP contribution in [0.4, 0.5) is 0 Å². The lowest BCUT2D eigenvalue weighted by Gasteiger charge is -2.13. The van der Waals surface area contributed by atoms with Crippen LogP contribution >= 0.6 is 11.6 Å². The minimum absolute atomic E-state index is 0.0864. The zero-order valence-electron chi connectivity index (χ0n) is 10.6. The Balaban J connectivity index is 2.52. The van der Waals surface area contributed by atoms with Gasteiger partial charge in [0.05, 0.1) is 13.0 Å².